The van der Waals surface area contributed by atoms with Crippen LogP contribution in [-0.4, -0.2) is 17.9 Å². The number of rotatable bonds is 5. The van der Waals surface area contributed by atoms with E-state index in [9.17, 15) is 9.59 Å². The maximum absolute atomic E-state index is 12.2. The molecule has 0 radical (unpaired) electrons. The van der Waals surface area contributed by atoms with Crippen LogP contribution >= 0.6 is 11.6 Å². The fourth-order valence-corrected chi connectivity index (χ4v) is 2.99. The summed E-state index contributed by atoms with van der Waals surface area (Å²) in [5.74, 6) is -0.556. The van der Waals surface area contributed by atoms with Gasteiger partial charge in [-0.15, -0.1) is 0 Å². The third-order valence-corrected chi connectivity index (χ3v) is 4.20. The van der Waals surface area contributed by atoms with Crippen molar-refractivity contribution < 1.29 is 9.59 Å². The smallest absolute Gasteiger partial charge is 0.240 e. The number of carbonyl (C=O) groups is 2. The van der Waals surface area contributed by atoms with E-state index < -0.39 is 11.9 Å². The average Bonchev–Trinajstić information content (AvgIpc) is 2.47. The number of primary amides is 1. The third kappa shape index (κ3) is 4.74. The van der Waals surface area contributed by atoms with Crippen LogP contribution in [-0.2, 0) is 16.0 Å². The molecule has 1 fully saturated rings. The molecule has 1 saturated carbocycles. The lowest BCUT2D eigenvalue weighted by Crippen LogP contribution is -2.48. The Kier molecular flexibility index (Phi) is 5.62. The highest BCUT2D eigenvalue weighted by Gasteiger charge is 2.25. The largest absolute Gasteiger partial charge is 0.368 e. The summed E-state index contributed by atoms with van der Waals surface area (Å²) in [6.45, 7) is 0. The standard InChI is InChI=1S/C16H21ClN2O2/c17-13-8-4-5-11(9-13)10-14(15(18)20)19-16(21)12-6-2-1-3-7-12/h4-5,8-9,12,14H,1-3,6-7,10H2,(H2,18,20)(H,19,21)/t14-/m0/s1. The van der Waals surface area contributed by atoms with Crippen molar-refractivity contribution in [3.63, 3.8) is 0 Å². The van der Waals surface area contributed by atoms with Gasteiger partial charge >= 0.3 is 0 Å². The van der Waals surface area contributed by atoms with Crippen molar-refractivity contribution in [2.75, 3.05) is 0 Å². The molecule has 0 aromatic heterocycles. The molecule has 0 aliphatic heterocycles. The Hall–Kier alpha value is -1.55. The Balaban J connectivity index is 1.98. The zero-order valence-corrected chi connectivity index (χ0v) is 12.7. The first-order valence-corrected chi connectivity index (χ1v) is 7.78. The third-order valence-electron chi connectivity index (χ3n) is 3.96. The second-order valence-electron chi connectivity index (χ2n) is 5.63. The molecule has 2 rings (SSSR count). The Labute approximate surface area is 130 Å². The van der Waals surface area contributed by atoms with Crippen molar-refractivity contribution >= 4 is 23.4 Å². The topological polar surface area (TPSA) is 72.2 Å². The van der Waals surface area contributed by atoms with Crippen LogP contribution in [0.4, 0.5) is 0 Å². The fourth-order valence-electron chi connectivity index (χ4n) is 2.78. The van der Waals surface area contributed by atoms with Crippen LogP contribution in [0, 0.1) is 5.92 Å². The minimum atomic E-state index is -0.683. The van der Waals surface area contributed by atoms with Gasteiger partial charge in [0, 0.05) is 17.4 Å². The van der Waals surface area contributed by atoms with Gasteiger partial charge in [0.25, 0.3) is 0 Å². The number of carbonyl (C=O) groups excluding carboxylic acids is 2. The van der Waals surface area contributed by atoms with Crippen molar-refractivity contribution in [1.82, 2.24) is 5.32 Å². The molecule has 114 valence electrons. The van der Waals surface area contributed by atoms with Gasteiger partial charge < -0.3 is 11.1 Å². The molecule has 1 aliphatic rings. The van der Waals surface area contributed by atoms with Gasteiger partial charge in [0.2, 0.25) is 11.8 Å². The second-order valence-corrected chi connectivity index (χ2v) is 6.07. The van der Waals surface area contributed by atoms with Crippen molar-refractivity contribution in [2.24, 2.45) is 11.7 Å². The normalized spacial score (nSPS) is 17.2. The molecule has 0 heterocycles. The Morgan fingerprint density at radius 3 is 2.62 bits per heavy atom. The first kappa shape index (κ1) is 15.8. The number of nitrogens with one attached hydrogen (secondary N) is 1. The zero-order valence-electron chi connectivity index (χ0n) is 12.0. The molecule has 0 bridgehead atoms. The monoisotopic (exact) mass is 308 g/mol. The van der Waals surface area contributed by atoms with E-state index in [2.05, 4.69) is 5.32 Å². The maximum Gasteiger partial charge on any atom is 0.240 e. The zero-order chi connectivity index (χ0) is 15.2. The highest BCUT2D eigenvalue weighted by Crippen LogP contribution is 2.24. The number of hydrogen-bond acceptors (Lipinski definition) is 2. The molecule has 0 spiro atoms. The van der Waals surface area contributed by atoms with Gasteiger partial charge in [-0.05, 0) is 30.5 Å². The van der Waals surface area contributed by atoms with Gasteiger partial charge in [0.15, 0.2) is 0 Å². The van der Waals surface area contributed by atoms with Crippen LogP contribution in [0.2, 0.25) is 5.02 Å². The lowest BCUT2D eigenvalue weighted by molar-refractivity contribution is -0.130. The second kappa shape index (κ2) is 7.46. The Bertz CT molecular complexity index is 513. The SMILES string of the molecule is NC(=O)[C@H](Cc1cccc(Cl)c1)NC(=O)C1CCCCC1. The molecule has 0 unspecified atom stereocenters. The van der Waals surface area contributed by atoms with E-state index in [0.29, 0.717) is 11.4 Å². The van der Waals surface area contributed by atoms with Crippen LogP contribution in [0.15, 0.2) is 24.3 Å². The summed E-state index contributed by atoms with van der Waals surface area (Å²) in [5.41, 5.74) is 6.30. The van der Waals surface area contributed by atoms with Crippen LogP contribution in [0.3, 0.4) is 0 Å². The average molecular weight is 309 g/mol. The quantitative estimate of drug-likeness (QED) is 0.877. The lowest BCUT2D eigenvalue weighted by atomic mass is 9.88. The highest BCUT2D eigenvalue weighted by molar-refractivity contribution is 6.30. The molecule has 4 nitrogen and oxygen atoms in total. The van der Waals surface area contributed by atoms with Gasteiger partial charge in [-0.25, -0.2) is 0 Å². The predicted octanol–water partition coefficient (Wildman–Crippen LogP) is 2.43. The van der Waals surface area contributed by atoms with E-state index in [-0.39, 0.29) is 11.8 Å². The molecule has 1 atom stereocenters. The number of benzene rings is 1. The summed E-state index contributed by atoms with van der Waals surface area (Å²) < 4.78 is 0. The molecule has 1 aromatic carbocycles. The summed E-state index contributed by atoms with van der Waals surface area (Å²) in [6, 6.07) is 6.56. The first-order chi connectivity index (χ1) is 10.1. The van der Waals surface area contributed by atoms with E-state index in [1.807, 2.05) is 12.1 Å². The van der Waals surface area contributed by atoms with Crippen LogP contribution in [0.5, 0.6) is 0 Å². The number of nitrogens with two attached hydrogens (primary N) is 1. The summed E-state index contributed by atoms with van der Waals surface area (Å²) in [5, 5.41) is 3.40. The first-order valence-electron chi connectivity index (χ1n) is 7.40. The lowest BCUT2D eigenvalue weighted by Gasteiger charge is -2.23. The van der Waals surface area contributed by atoms with Gasteiger partial charge in [-0.1, -0.05) is 43.0 Å². The van der Waals surface area contributed by atoms with E-state index in [1.165, 1.54) is 6.42 Å². The molecule has 3 N–H and O–H groups in total. The molecule has 0 saturated heterocycles. The van der Waals surface area contributed by atoms with E-state index in [4.69, 9.17) is 17.3 Å². The highest BCUT2D eigenvalue weighted by atomic mass is 35.5. The molecule has 1 aromatic rings. The molecule has 1 aliphatic carbocycles. The van der Waals surface area contributed by atoms with Gasteiger partial charge in [-0.3, -0.25) is 9.59 Å². The van der Waals surface area contributed by atoms with Gasteiger partial charge in [-0.2, -0.15) is 0 Å². The summed E-state index contributed by atoms with van der Waals surface area (Å²) in [7, 11) is 0. The van der Waals surface area contributed by atoms with Crippen molar-refractivity contribution in [3.05, 3.63) is 34.9 Å². The minimum Gasteiger partial charge on any atom is -0.368 e. The molecule has 5 heteroatoms. The van der Waals surface area contributed by atoms with Crippen molar-refractivity contribution in [3.8, 4) is 0 Å². The van der Waals surface area contributed by atoms with Crippen LogP contribution < -0.4 is 11.1 Å². The fraction of sp³-hybridized carbons (Fsp3) is 0.500. The summed E-state index contributed by atoms with van der Waals surface area (Å²) in [4.78, 5) is 23.8. The van der Waals surface area contributed by atoms with E-state index in [1.54, 1.807) is 12.1 Å². The van der Waals surface area contributed by atoms with Crippen molar-refractivity contribution in [1.29, 1.82) is 0 Å². The number of amides is 2. The van der Waals surface area contributed by atoms with Gasteiger partial charge in [0.05, 0.1) is 0 Å². The molecular formula is C16H21ClN2O2. The number of halogens is 1. The van der Waals surface area contributed by atoms with Crippen molar-refractivity contribution in [2.45, 2.75) is 44.6 Å². The van der Waals surface area contributed by atoms with Crippen LogP contribution in [0.25, 0.3) is 0 Å². The summed E-state index contributed by atoms with van der Waals surface area (Å²) in [6.07, 6.45) is 5.50. The predicted molar refractivity (Wildman–Crippen MR) is 82.9 cm³/mol. The Morgan fingerprint density at radius 1 is 1.29 bits per heavy atom. The molecule has 2 amide bonds. The van der Waals surface area contributed by atoms with Crippen LogP contribution in [0.1, 0.15) is 37.7 Å². The maximum atomic E-state index is 12.2. The summed E-state index contributed by atoms with van der Waals surface area (Å²) >= 11 is 5.93. The minimum absolute atomic E-state index is 0.0139. The molecule has 21 heavy (non-hydrogen) atoms. The van der Waals surface area contributed by atoms with E-state index >= 15 is 0 Å². The molecular weight excluding hydrogens is 288 g/mol. The Morgan fingerprint density at radius 2 is 2.00 bits per heavy atom. The van der Waals surface area contributed by atoms with E-state index in [0.717, 1.165) is 31.2 Å². The van der Waals surface area contributed by atoms with Gasteiger partial charge in [0.1, 0.15) is 6.04 Å². The number of hydrogen-bond donors (Lipinski definition) is 2.